The van der Waals surface area contributed by atoms with Crippen molar-refractivity contribution in [2.45, 2.75) is 283 Å². The lowest BCUT2D eigenvalue weighted by Gasteiger charge is -2.25. The highest BCUT2D eigenvalue weighted by Gasteiger charge is 2.27. The number of unbranched alkanes of at least 4 members (excludes halogenated alkanes) is 30. The molecule has 0 heterocycles. The predicted octanol–water partition coefficient (Wildman–Crippen LogP) is 19.8. The van der Waals surface area contributed by atoms with Crippen molar-refractivity contribution in [1.29, 1.82) is 0 Å². The summed E-state index contributed by atoms with van der Waals surface area (Å²) in [5.74, 6) is -0.197. The largest absolute Gasteiger partial charge is 0.472 e. The van der Waals surface area contributed by atoms with Crippen molar-refractivity contribution >= 4 is 13.7 Å². The average Bonchev–Trinajstić information content (AvgIpc) is 3.38. The molecule has 0 radical (unpaired) electrons. The number of allylic oxidation sites excluding steroid dienone is 15. The number of hydrogen-bond donors (Lipinski definition) is 3. The van der Waals surface area contributed by atoms with E-state index in [0.717, 1.165) is 89.9 Å². The number of hydrogen-bond acceptors (Lipinski definition) is 5. The Morgan fingerprint density at radius 3 is 1.21 bits per heavy atom. The number of phosphoric acid groups is 1. The highest BCUT2D eigenvalue weighted by Crippen LogP contribution is 2.43. The molecule has 3 atom stereocenters. The molecule has 3 unspecified atom stereocenters. The highest BCUT2D eigenvalue weighted by molar-refractivity contribution is 7.47. The maximum atomic E-state index is 13.0. The molecule has 0 rings (SSSR count). The van der Waals surface area contributed by atoms with Crippen LogP contribution in [0, 0.1) is 0 Å². The van der Waals surface area contributed by atoms with Crippen LogP contribution < -0.4 is 5.32 Å². The summed E-state index contributed by atoms with van der Waals surface area (Å²) in [6.07, 6.45) is 82.4. The number of nitrogens with zero attached hydrogens (tertiary/aromatic N) is 1. The molecule has 8 nitrogen and oxygen atoms in total. The zero-order valence-corrected chi connectivity index (χ0v) is 51.1. The van der Waals surface area contributed by atoms with Crippen LogP contribution in [0.3, 0.4) is 0 Å². The Balaban J connectivity index is 4.24. The summed E-state index contributed by atoms with van der Waals surface area (Å²) < 4.78 is 23.7. The molecule has 76 heavy (non-hydrogen) atoms. The number of amides is 1. The van der Waals surface area contributed by atoms with Crippen LogP contribution in [0.5, 0.6) is 0 Å². The first-order valence-electron chi connectivity index (χ1n) is 31.6. The summed E-state index contributed by atoms with van der Waals surface area (Å²) in [6.45, 7) is 4.69. The zero-order chi connectivity index (χ0) is 55.6. The number of aliphatic hydroxyl groups excluding tert-OH is 1. The van der Waals surface area contributed by atoms with Crippen molar-refractivity contribution in [2.24, 2.45) is 0 Å². The van der Waals surface area contributed by atoms with Gasteiger partial charge in [0.05, 0.1) is 39.9 Å². The van der Waals surface area contributed by atoms with Crippen molar-refractivity contribution < 1.29 is 32.9 Å². The van der Waals surface area contributed by atoms with Gasteiger partial charge in [0.1, 0.15) is 13.2 Å². The SMILES string of the molecule is CC/C=C\C/C=C\C/C=C\C/C=C\C/C=C\C/C=C\CCCCCCCCCCC(=O)NC(COP(=O)(O)OCC[N+](C)(C)C)C(O)/C=C/CC/C=C/CCCCCCCCCCCCCCCCCCCCCCC. The monoisotopic (exact) mass is 1080 g/mol. The molecule has 0 aliphatic carbocycles. The smallest absolute Gasteiger partial charge is 0.387 e. The van der Waals surface area contributed by atoms with Crippen LogP contribution in [-0.2, 0) is 18.4 Å². The molecular formula is C67H122N2O6P+. The molecule has 0 saturated heterocycles. The molecule has 0 bridgehead atoms. The van der Waals surface area contributed by atoms with E-state index in [9.17, 15) is 19.4 Å². The molecule has 0 aromatic heterocycles. The third-order valence-electron chi connectivity index (χ3n) is 13.8. The summed E-state index contributed by atoms with van der Waals surface area (Å²) in [7, 11) is 1.54. The Labute approximate surface area is 470 Å². The minimum absolute atomic E-state index is 0.0498. The van der Waals surface area contributed by atoms with Crippen LogP contribution in [-0.4, -0.2) is 73.4 Å². The standard InChI is InChI=1S/C67H121N2O6P/c1-6-8-10-12-14-16-18-20-22-24-26-28-30-32-34-36-38-40-42-44-46-48-50-52-54-56-58-60-66(70)65(64-75-76(72,73)74-63-62-69(3,4)5)68-67(71)61-59-57-55-53-51-49-47-45-43-41-39-37-35-33-31-29-27-25-23-21-19-17-15-13-11-9-7-2/h9,11,15,17,21,23,27,29,33,35,39,41,50,52,58,60,65-66,70H,6-8,10,12-14,16,18-20,22,24-26,28,30-32,34,36-38,40,42-49,51,53-57,59,61-64H2,1-5H3,(H-,68,71,72,73)/p+1/b11-9-,17-15-,23-21-,29-27-,35-33-,41-39-,52-50+,60-58+. The van der Waals surface area contributed by atoms with E-state index in [0.29, 0.717) is 17.4 Å². The molecule has 0 spiro atoms. The topological polar surface area (TPSA) is 105 Å². The first-order chi connectivity index (χ1) is 37.0. The molecule has 9 heteroatoms. The van der Waals surface area contributed by atoms with E-state index >= 15 is 0 Å². The van der Waals surface area contributed by atoms with Gasteiger partial charge in [0.25, 0.3) is 0 Å². The number of rotatable bonds is 57. The second kappa shape index (κ2) is 57.1. The van der Waals surface area contributed by atoms with Crippen LogP contribution in [0.15, 0.2) is 97.2 Å². The first kappa shape index (κ1) is 73.4. The minimum Gasteiger partial charge on any atom is -0.387 e. The number of nitrogens with one attached hydrogen (secondary N) is 1. The second-order valence-electron chi connectivity index (χ2n) is 22.4. The fraction of sp³-hybridized carbons (Fsp3) is 0.746. The lowest BCUT2D eigenvalue weighted by Crippen LogP contribution is -2.45. The van der Waals surface area contributed by atoms with Crippen molar-refractivity contribution in [3.8, 4) is 0 Å². The fourth-order valence-electron chi connectivity index (χ4n) is 8.89. The highest BCUT2D eigenvalue weighted by atomic mass is 31.2. The van der Waals surface area contributed by atoms with Crippen LogP contribution in [0.1, 0.15) is 271 Å². The van der Waals surface area contributed by atoms with E-state index in [-0.39, 0.29) is 19.1 Å². The fourth-order valence-corrected chi connectivity index (χ4v) is 9.62. The van der Waals surface area contributed by atoms with Gasteiger partial charge in [0.2, 0.25) is 5.91 Å². The van der Waals surface area contributed by atoms with Crippen LogP contribution in [0.25, 0.3) is 0 Å². The Hall–Kier alpha value is -2.58. The molecule has 3 N–H and O–H groups in total. The lowest BCUT2D eigenvalue weighted by molar-refractivity contribution is -0.870. The first-order valence-corrected chi connectivity index (χ1v) is 33.1. The Morgan fingerprint density at radius 2 is 0.803 bits per heavy atom. The van der Waals surface area contributed by atoms with Crippen LogP contribution in [0.2, 0.25) is 0 Å². The number of carbonyl (C=O) groups is 1. The van der Waals surface area contributed by atoms with Gasteiger partial charge < -0.3 is 19.8 Å². The summed E-state index contributed by atoms with van der Waals surface area (Å²) in [5, 5.41) is 14.0. The second-order valence-corrected chi connectivity index (χ2v) is 23.8. The van der Waals surface area contributed by atoms with Crippen LogP contribution >= 0.6 is 7.82 Å². The van der Waals surface area contributed by atoms with Gasteiger partial charge in [-0.15, -0.1) is 0 Å². The van der Waals surface area contributed by atoms with Gasteiger partial charge in [0, 0.05) is 6.42 Å². The molecule has 0 saturated carbocycles. The van der Waals surface area contributed by atoms with Crippen molar-refractivity contribution in [3.63, 3.8) is 0 Å². The van der Waals surface area contributed by atoms with E-state index in [4.69, 9.17) is 9.05 Å². The third-order valence-corrected chi connectivity index (χ3v) is 14.8. The van der Waals surface area contributed by atoms with Crippen molar-refractivity contribution in [3.05, 3.63) is 97.2 Å². The van der Waals surface area contributed by atoms with Crippen molar-refractivity contribution in [2.75, 3.05) is 40.9 Å². The van der Waals surface area contributed by atoms with E-state index in [2.05, 4.69) is 104 Å². The van der Waals surface area contributed by atoms with Gasteiger partial charge in [-0.25, -0.2) is 4.57 Å². The molecule has 1 amide bonds. The molecule has 0 aromatic carbocycles. The quantitative estimate of drug-likeness (QED) is 0.0243. The Morgan fingerprint density at radius 1 is 0.461 bits per heavy atom. The molecule has 0 aliphatic rings. The number of likely N-dealkylation sites (N-methyl/N-ethyl adjacent to an activating group) is 1. The van der Waals surface area contributed by atoms with E-state index in [1.165, 1.54) is 161 Å². The van der Waals surface area contributed by atoms with Gasteiger partial charge in [0.15, 0.2) is 0 Å². The van der Waals surface area contributed by atoms with Crippen LogP contribution in [0.4, 0.5) is 0 Å². The Kier molecular flexibility index (Phi) is 55.2. The zero-order valence-electron chi connectivity index (χ0n) is 50.2. The maximum absolute atomic E-state index is 13.0. The summed E-state index contributed by atoms with van der Waals surface area (Å²) >= 11 is 0. The maximum Gasteiger partial charge on any atom is 0.472 e. The van der Waals surface area contributed by atoms with E-state index < -0.39 is 20.0 Å². The van der Waals surface area contributed by atoms with Gasteiger partial charge in [-0.1, -0.05) is 278 Å². The molecule has 0 aromatic rings. The Bertz CT molecular complexity index is 1560. The van der Waals surface area contributed by atoms with Crippen molar-refractivity contribution in [1.82, 2.24) is 5.32 Å². The summed E-state index contributed by atoms with van der Waals surface area (Å²) in [6, 6.07) is -0.876. The molecule has 0 fully saturated rings. The third kappa shape index (κ3) is 59.1. The molecular weight excluding hydrogens is 960 g/mol. The predicted molar refractivity (Wildman–Crippen MR) is 332 cm³/mol. The average molecular weight is 1080 g/mol. The summed E-state index contributed by atoms with van der Waals surface area (Å²) in [4.78, 5) is 23.4. The number of carbonyl (C=O) groups excluding carboxylic acids is 1. The normalized spacial score (nSPS) is 14.5. The van der Waals surface area contributed by atoms with E-state index in [1.807, 2.05) is 27.2 Å². The molecule has 0 aliphatic heterocycles. The van der Waals surface area contributed by atoms with Gasteiger partial charge >= 0.3 is 7.82 Å². The number of quaternary nitrogens is 1. The molecule has 440 valence electrons. The van der Waals surface area contributed by atoms with Gasteiger partial charge in [-0.3, -0.25) is 13.8 Å². The van der Waals surface area contributed by atoms with Gasteiger partial charge in [-0.05, 0) is 83.5 Å². The van der Waals surface area contributed by atoms with Gasteiger partial charge in [-0.2, -0.15) is 0 Å². The van der Waals surface area contributed by atoms with E-state index in [1.54, 1.807) is 6.08 Å². The summed E-state index contributed by atoms with van der Waals surface area (Å²) in [5.41, 5.74) is 0. The minimum atomic E-state index is -4.37. The number of phosphoric ester groups is 1. The lowest BCUT2D eigenvalue weighted by atomic mass is 10.0. The number of aliphatic hydroxyl groups is 1.